The number of ether oxygens (including phenoxy) is 2. The Kier molecular flexibility index (Phi) is 10.9. The highest BCUT2D eigenvalue weighted by atomic mass is 16.5. The van der Waals surface area contributed by atoms with E-state index in [4.69, 9.17) is 15.2 Å². The number of rotatable bonds is 10. The van der Waals surface area contributed by atoms with Crippen molar-refractivity contribution >= 4 is 0 Å². The number of nitrogens with two attached hydrogens (primary N) is 1. The fourth-order valence-electron chi connectivity index (χ4n) is 1.10. The van der Waals surface area contributed by atoms with Crippen LogP contribution in [-0.4, -0.2) is 33.0 Å². The third kappa shape index (κ3) is 11.9. The summed E-state index contributed by atoms with van der Waals surface area (Å²) in [5.41, 5.74) is 5.33. The van der Waals surface area contributed by atoms with Crippen LogP contribution < -0.4 is 5.73 Å². The van der Waals surface area contributed by atoms with Gasteiger partial charge in [0.05, 0.1) is 13.2 Å². The molecule has 3 nitrogen and oxygen atoms in total. The fourth-order valence-corrected chi connectivity index (χ4v) is 1.10. The van der Waals surface area contributed by atoms with E-state index in [9.17, 15) is 0 Å². The monoisotopic (exact) mass is 203 g/mol. The van der Waals surface area contributed by atoms with Gasteiger partial charge in [-0.3, -0.25) is 0 Å². The Labute approximate surface area is 88.0 Å². The van der Waals surface area contributed by atoms with Gasteiger partial charge >= 0.3 is 0 Å². The molecular weight excluding hydrogens is 178 g/mol. The SMILES string of the molecule is CC(C)CCCOCCOCCCN. The van der Waals surface area contributed by atoms with Crippen LogP contribution in [0.4, 0.5) is 0 Å². The van der Waals surface area contributed by atoms with E-state index in [1.54, 1.807) is 0 Å². The number of hydrogen-bond donors (Lipinski definition) is 1. The van der Waals surface area contributed by atoms with Gasteiger partial charge in [-0.05, 0) is 31.7 Å². The Morgan fingerprint density at radius 2 is 1.50 bits per heavy atom. The second kappa shape index (κ2) is 11.0. The zero-order chi connectivity index (χ0) is 10.6. The van der Waals surface area contributed by atoms with Crippen LogP contribution in [-0.2, 0) is 9.47 Å². The van der Waals surface area contributed by atoms with Crippen molar-refractivity contribution in [1.82, 2.24) is 0 Å². The summed E-state index contributed by atoms with van der Waals surface area (Å²) in [7, 11) is 0. The van der Waals surface area contributed by atoms with Crippen molar-refractivity contribution in [3.05, 3.63) is 0 Å². The molecule has 0 aliphatic rings. The van der Waals surface area contributed by atoms with E-state index < -0.39 is 0 Å². The van der Waals surface area contributed by atoms with Crippen LogP contribution in [0.2, 0.25) is 0 Å². The van der Waals surface area contributed by atoms with E-state index in [2.05, 4.69) is 13.8 Å². The molecule has 3 heteroatoms. The Hall–Kier alpha value is -0.120. The van der Waals surface area contributed by atoms with Crippen molar-refractivity contribution in [3.8, 4) is 0 Å². The van der Waals surface area contributed by atoms with Crippen LogP contribution in [0.3, 0.4) is 0 Å². The van der Waals surface area contributed by atoms with Crippen LogP contribution in [0.5, 0.6) is 0 Å². The predicted molar refractivity (Wildman–Crippen MR) is 59.4 cm³/mol. The Balaban J connectivity index is 2.85. The average molecular weight is 203 g/mol. The molecule has 0 unspecified atom stereocenters. The van der Waals surface area contributed by atoms with Gasteiger partial charge in [-0.2, -0.15) is 0 Å². The molecule has 0 aliphatic carbocycles. The minimum Gasteiger partial charge on any atom is -0.379 e. The molecule has 0 rings (SSSR count). The average Bonchev–Trinajstić information content (AvgIpc) is 2.15. The van der Waals surface area contributed by atoms with Crippen molar-refractivity contribution < 1.29 is 9.47 Å². The maximum Gasteiger partial charge on any atom is 0.0700 e. The third-order valence-electron chi connectivity index (χ3n) is 1.93. The van der Waals surface area contributed by atoms with Crippen molar-refractivity contribution in [2.24, 2.45) is 11.7 Å². The fraction of sp³-hybridized carbons (Fsp3) is 1.00. The number of hydrogen-bond acceptors (Lipinski definition) is 3. The van der Waals surface area contributed by atoms with Crippen LogP contribution in [0.15, 0.2) is 0 Å². The molecule has 0 aliphatic heterocycles. The van der Waals surface area contributed by atoms with Crippen molar-refractivity contribution in [2.75, 3.05) is 33.0 Å². The summed E-state index contributed by atoms with van der Waals surface area (Å²) in [6.45, 7) is 8.19. The van der Waals surface area contributed by atoms with Crippen molar-refractivity contribution in [2.45, 2.75) is 33.1 Å². The van der Waals surface area contributed by atoms with Gasteiger partial charge in [0, 0.05) is 13.2 Å². The van der Waals surface area contributed by atoms with Gasteiger partial charge in [0.2, 0.25) is 0 Å². The van der Waals surface area contributed by atoms with Crippen LogP contribution in [0, 0.1) is 5.92 Å². The van der Waals surface area contributed by atoms with E-state index in [1.807, 2.05) is 0 Å². The molecule has 0 saturated carbocycles. The third-order valence-corrected chi connectivity index (χ3v) is 1.93. The summed E-state index contributed by atoms with van der Waals surface area (Å²) in [4.78, 5) is 0. The molecule has 0 saturated heterocycles. The highest BCUT2D eigenvalue weighted by molar-refractivity contribution is 4.44. The van der Waals surface area contributed by atoms with E-state index >= 15 is 0 Å². The first kappa shape index (κ1) is 13.9. The van der Waals surface area contributed by atoms with Gasteiger partial charge in [-0.25, -0.2) is 0 Å². The van der Waals surface area contributed by atoms with Crippen molar-refractivity contribution in [1.29, 1.82) is 0 Å². The Bertz CT molecular complexity index is 107. The second-order valence-corrected chi connectivity index (χ2v) is 3.90. The first-order chi connectivity index (χ1) is 6.77. The molecule has 86 valence electrons. The summed E-state index contributed by atoms with van der Waals surface area (Å²) in [5, 5.41) is 0. The first-order valence-electron chi connectivity index (χ1n) is 5.63. The second-order valence-electron chi connectivity index (χ2n) is 3.90. The molecule has 0 amide bonds. The highest BCUT2D eigenvalue weighted by Crippen LogP contribution is 2.02. The lowest BCUT2D eigenvalue weighted by atomic mass is 10.1. The lowest BCUT2D eigenvalue weighted by molar-refractivity contribution is 0.0454. The van der Waals surface area contributed by atoms with Gasteiger partial charge in [0.1, 0.15) is 0 Å². The summed E-state index contributed by atoms with van der Waals surface area (Å²) in [6.07, 6.45) is 3.34. The molecule has 0 radical (unpaired) electrons. The smallest absolute Gasteiger partial charge is 0.0700 e. The molecular formula is C11H25NO2. The molecule has 0 bridgehead atoms. The highest BCUT2D eigenvalue weighted by Gasteiger charge is 1.94. The van der Waals surface area contributed by atoms with Gasteiger partial charge in [0.15, 0.2) is 0 Å². The normalized spacial score (nSPS) is 11.1. The molecule has 0 atom stereocenters. The lowest BCUT2D eigenvalue weighted by Gasteiger charge is -2.06. The minimum atomic E-state index is 0.696. The first-order valence-corrected chi connectivity index (χ1v) is 5.63. The standard InChI is InChI=1S/C11H25NO2/c1-11(2)5-3-7-13-9-10-14-8-4-6-12/h11H,3-10,12H2,1-2H3. The molecule has 0 aromatic rings. The Morgan fingerprint density at radius 1 is 0.929 bits per heavy atom. The van der Waals surface area contributed by atoms with Gasteiger partial charge in [-0.15, -0.1) is 0 Å². The minimum absolute atomic E-state index is 0.696. The van der Waals surface area contributed by atoms with E-state index in [-0.39, 0.29) is 0 Å². The molecule has 0 aromatic carbocycles. The quantitative estimate of drug-likeness (QED) is 0.551. The predicted octanol–water partition coefficient (Wildman–Crippen LogP) is 1.80. The Morgan fingerprint density at radius 3 is 2.00 bits per heavy atom. The van der Waals surface area contributed by atoms with Crippen molar-refractivity contribution in [3.63, 3.8) is 0 Å². The van der Waals surface area contributed by atoms with E-state index in [1.165, 1.54) is 6.42 Å². The summed E-state index contributed by atoms with van der Waals surface area (Å²) < 4.78 is 10.7. The summed E-state index contributed by atoms with van der Waals surface area (Å²) in [5.74, 6) is 0.777. The summed E-state index contributed by atoms with van der Waals surface area (Å²) >= 11 is 0. The van der Waals surface area contributed by atoms with Crippen LogP contribution in [0.1, 0.15) is 33.1 Å². The zero-order valence-electron chi connectivity index (χ0n) is 9.63. The molecule has 2 N–H and O–H groups in total. The van der Waals surface area contributed by atoms with E-state index in [0.717, 1.165) is 32.0 Å². The van der Waals surface area contributed by atoms with Gasteiger partial charge in [-0.1, -0.05) is 13.8 Å². The lowest BCUT2D eigenvalue weighted by Crippen LogP contribution is -2.09. The largest absolute Gasteiger partial charge is 0.379 e. The topological polar surface area (TPSA) is 44.5 Å². The molecule has 0 spiro atoms. The van der Waals surface area contributed by atoms with Crippen LogP contribution >= 0.6 is 0 Å². The summed E-state index contributed by atoms with van der Waals surface area (Å²) in [6, 6.07) is 0. The molecule has 0 fully saturated rings. The van der Waals surface area contributed by atoms with Gasteiger partial charge < -0.3 is 15.2 Å². The van der Waals surface area contributed by atoms with Crippen LogP contribution in [0.25, 0.3) is 0 Å². The molecule has 0 aromatic heterocycles. The molecule has 14 heavy (non-hydrogen) atoms. The maximum atomic E-state index is 5.41. The zero-order valence-corrected chi connectivity index (χ0v) is 9.63. The van der Waals surface area contributed by atoms with Gasteiger partial charge in [0.25, 0.3) is 0 Å². The molecule has 0 heterocycles. The van der Waals surface area contributed by atoms with E-state index in [0.29, 0.717) is 19.8 Å². The maximum absolute atomic E-state index is 5.41.